The molecule has 1 aromatic carbocycles. The first-order valence-electron chi connectivity index (χ1n) is 7.47. The molecule has 8 nitrogen and oxygen atoms in total. The van der Waals surface area contributed by atoms with E-state index in [9.17, 15) is 14.9 Å². The number of carbonyl (C=O) groups excluding carboxylic acids is 1. The largest absolute Gasteiger partial charge is 0.331 e. The molecule has 0 aliphatic carbocycles. The topological polar surface area (TPSA) is 93.3 Å². The van der Waals surface area contributed by atoms with Crippen molar-refractivity contribution in [1.82, 2.24) is 20.0 Å². The Bertz CT molecular complexity index is 763. The number of aromatic nitrogens is 2. The fourth-order valence-corrected chi connectivity index (χ4v) is 3.05. The van der Waals surface area contributed by atoms with Gasteiger partial charge in [-0.1, -0.05) is 29.8 Å². The summed E-state index contributed by atoms with van der Waals surface area (Å²) in [6, 6.07) is 7.25. The molecule has 1 aromatic heterocycles. The minimum absolute atomic E-state index is 0.0468. The van der Waals surface area contributed by atoms with Gasteiger partial charge in [0.25, 0.3) is 0 Å². The van der Waals surface area contributed by atoms with Gasteiger partial charge in [-0.3, -0.25) is 19.6 Å². The van der Waals surface area contributed by atoms with Gasteiger partial charge in [-0.2, -0.15) is 5.10 Å². The standard InChI is InChI=1S/C15H16ClN5O3/c16-13-4-2-1-3-12(13)14-8-17-5-6-20(14)15(22)10-19-9-11(7-18-19)21(23)24/h1-4,7,9,14,17H,5-6,8,10H2. The number of hydrogen-bond donors (Lipinski definition) is 1. The molecule has 1 N–H and O–H groups in total. The Morgan fingerprint density at radius 1 is 1.46 bits per heavy atom. The molecule has 1 aliphatic rings. The smallest absolute Gasteiger partial charge is 0.307 e. The lowest BCUT2D eigenvalue weighted by Crippen LogP contribution is -2.49. The molecule has 0 saturated carbocycles. The lowest BCUT2D eigenvalue weighted by molar-refractivity contribution is -0.385. The van der Waals surface area contributed by atoms with Gasteiger partial charge in [-0.25, -0.2) is 0 Å². The summed E-state index contributed by atoms with van der Waals surface area (Å²) in [6.45, 7) is 1.79. The van der Waals surface area contributed by atoms with E-state index in [-0.39, 0.29) is 24.2 Å². The Balaban J connectivity index is 1.78. The SMILES string of the molecule is O=C(Cn1cc([N+](=O)[O-])cn1)N1CCNCC1c1ccccc1Cl. The molecule has 3 rings (SSSR count). The van der Waals surface area contributed by atoms with Crippen LogP contribution in [0.3, 0.4) is 0 Å². The minimum Gasteiger partial charge on any atom is -0.331 e. The number of amides is 1. The van der Waals surface area contributed by atoms with Crippen LogP contribution in [0.25, 0.3) is 0 Å². The lowest BCUT2D eigenvalue weighted by atomic mass is 10.0. The predicted molar refractivity (Wildman–Crippen MR) is 87.7 cm³/mol. The van der Waals surface area contributed by atoms with Crippen LogP contribution in [0.4, 0.5) is 5.69 Å². The van der Waals surface area contributed by atoms with E-state index < -0.39 is 4.92 Å². The number of nitrogens with one attached hydrogen (secondary N) is 1. The Morgan fingerprint density at radius 3 is 2.96 bits per heavy atom. The van der Waals surface area contributed by atoms with Crippen molar-refractivity contribution in [2.75, 3.05) is 19.6 Å². The Hall–Kier alpha value is -2.45. The van der Waals surface area contributed by atoms with Gasteiger partial charge in [0.15, 0.2) is 0 Å². The first-order valence-corrected chi connectivity index (χ1v) is 7.85. The molecule has 24 heavy (non-hydrogen) atoms. The second kappa shape index (κ2) is 6.98. The highest BCUT2D eigenvalue weighted by Crippen LogP contribution is 2.28. The molecule has 1 atom stereocenters. The predicted octanol–water partition coefficient (Wildman–Crippen LogP) is 1.62. The van der Waals surface area contributed by atoms with Gasteiger partial charge >= 0.3 is 5.69 Å². The zero-order chi connectivity index (χ0) is 17.1. The van der Waals surface area contributed by atoms with Gasteiger partial charge in [0.05, 0.1) is 11.0 Å². The number of nitro groups is 1. The number of halogens is 1. The van der Waals surface area contributed by atoms with Crippen LogP contribution in [0.1, 0.15) is 11.6 Å². The number of rotatable bonds is 4. The normalized spacial score (nSPS) is 17.7. The van der Waals surface area contributed by atoms with E-state index >= 15 is 0 Å². The highest BCUT2D eigenvalue weighted by atomic mass is 35.5. The van der Waals surface area contributed by atoms with Crippen molar-refractivity contribution in [2.24, 2.45) is 0 Å². The summed E-state index contributed by atoms with van der Waals surface area (Å²) in [4.78, 5) is 24.6. The van der Waals surface area contributed by atoms with Crippen molar-refractivity contribution in [3.05, 3.63) is 57.4 Å². The molecular weight excluding hydrogens is 334 g/mol. The van der Waals surface area contributed by atoms with Crippen molar-refractivity contribution in [1.29, 1.82) is 0 Å². The van der Waals surface area contributed by atoms with E-state index in [0.29, 0.717) is 24.7 Å². The number of nitrogens with zero attached hydrogens (tertiary/aromatic N) is 4. The van der Waals surface area contributed by atoms with E-state index in [1.807, 2.05) is 18.2 Å². The third-order valence-electron chi connectivity index (χ3n) is 3.96. The Morgan fingerprint density at radius 2 is 2.25 bits per heavy atom. The van der Waals surface area contributed by atoms with Crippen LogP contribution in [0.2, 0.25) is 5.02 Å². The van der Waals surface area contributed by atoms with Crippen molar-refractivity contribution in [3.63, 3.8) is 0 Å². The Labute approximate surface area is 143 Å². The van der Waals surface area contributed by atoms with Gasteiger partial charge in [-0.15, -0.1) is 0 Å². The first-order chi connectivity index (χ1) is 11.6. The summed E-state index contributed by atoms with van der Waals surface area (Å²) in [5.74, 6) is -0.153. The highest BCUT2D eigenvalue weighted by Gasteiger charge is 2.29. The van der Waals surface area contributed by atoms with Crippen LogP contribution >= 0.6 is 11.6 Å². The summed E-state index contributed by atoms with van der Waals surface area (Å²) in [6.07, 6.45) is 2.39. The van der Waals surface area contributed by atoms with Crippen molar-refractivity contribution >= 4 is 23.2 Å². The van der Waals surface area contributed by atoms with Crippen LogP contribution < -0.4 is 5.32 Å². The van der Waals surface area contributed by atoms with Gasteiger partial charge < -0.3 is 10.2 Å². The molecule has 2 aromatic rings. The third-order valence-corrected chi connectivity index (χ3v) is 4.30. The second-order valence-corrected chi connectivity index (χ2v) is 5.89. The number of piperazine rings is 1. The number of hydrogen-bond acceptors (Lipinski definition) is 5. The van der Waals surface area contributed by atoms with Crippen molar-refractivity contribution < 1.29 is 9.72 Å². The molecule has 1 aliphatic heterocycles. The third kappa shape index (κ3) is 3.39. The van der Waals surface area contributed by atoms with E-state index in [1.54, 1.807) is 11.0 Å². The van der Waals surface area contributed by atoms with E-state index in [2.05, 4.69) is 10.4 Å². The van der Waals surface area contributed by atoms with Crippen LogP contribution in [0, 0.1) is 10.1 Å². The van der Waals surface area contributed by atoms with Crippen molar-refractivity contribution in [2.45, 2.75) is 12.6 Å². The molecule has 0 bridgehead atoms. The maximum atomic E-state index is 12.7. The fraction of sp³-hybridized carbons (Fsp3) is 0.333. The molecule has 1 saturated heterocycles. The lowest BCUT2D eigenvalue weighted by Gasteiger charge is -2.37. The van der Waals surface area contributed by atoms with Crippen LogP contribution in [0.5, 0.6) is 0 Å². The quantitative estimate of drug-likeness (QED) is 0.668. The van der Waals surface area contributed by atoms with E-state index in [4.69, 9.17) is 11.6 Å². The minimum atomic E-state index is -0.536. The van der Waals surface area contributed by atoms with E-state index in [1.165, 1.54) is 10.9 Å². The highest BCUT2D eigenvalue weighted by molar-refractivity contribution is 6.31. The molecular formula is C15H16ClN5O3. The summed E-state index contributed by atoms with van der Waals surface area (Å²) >= 11 is 6.27. The van der Waals surface area contributed by atoms with Crippen LogP contribution in [-0.4, -0.2) is 45.1 Å². The molecule has 1 unspecified atom stereocenters. The molecule has 1 fully saturated rings. The second-order valence-electron chi connectivity index (χ2n) is 5.48. The molecule has 126 valence electrons. The average molecular weight is 350 g/mol. The molecule has 0 spiro atoms. The van der Waals surface area contributed by atoms with Gasteiger partial charge in [0, 0.05) is 24.7 Å². The Kier molecular flexibility index (Phi) is 4.77. The molecule has 0 radical (unpaired) electrons. The summed E-state index contributed by atoms with van der Waals surface area (Å²) in [5.41, 5.74) is 0.747. The van der Waals surface area contributed by atoms with Gasteiger partial charge in [0.2, 0.25) is 5.91 Å². The molecule has 9 heteroatoms. The van der Waals surface area contributed by atoms with Gasteiger partial charge in [-0.05, 0) is 11.6 Å². The molecule has 2 heterocycles. The zero-order valence-corrected chi connectivity index (χ0v) is 13.5. The number of benzene rings is 1. The maximum absolute atomic E-state index is 12.7. The summed E-state index contributed by atoms with van der Waals surface area (Å²) in [5, 5.41) is 18.5. The fourth-order valence-electron chi connectivity index (χ4n) is 2.79. The summed E-state index contributed by atoms with van der Waals surface area (Å²) in [7, 11) is 0. The van der Waals surface area contributed by atoms with E-state index in [0.717, 1.165) is 11.8 Å². The molecule has 1 amide bonds. The van der Waals surface area contributed by atoms with Crippen LogP contribution in [0.15, 0.2) is 36.7 Å². The maximum Gasteiger partial charge on any atom is 0.307 e. The monoisotopic (exact) mass is 349 g/mol. The average Bonchev–Trinajstić information content (AvgIpc) is 3.04. The van der Waals surface area contributed by atoms with Crippen LogP contribution in [-0.2, 0) is 11.3 Å². The zero-order valence-electron chi connectivity index (χ0n) is 12.8. The number of carbonyl (C=O) groups is 1. The van der Waals surface area contributed by atoms with Crippen molar-refractivity contribution in [3.8, 4) is 0 Å². The summed E-state index contributed by atoms with van der Waals surface area (Å²) < 4.78 is 1.28. The van der Waals surface area contributed by atoms with Gasteiger partial charge in [0.1, 0.15) is 18.9 Å². The first kappa shape index (κ1) is 16.4.